The molecule has 0 saturated carbocycles. The van der Waals surface area contributed by atoms with Crippen LogP contribution in [0.3, 0.4) is 0 Å². The van der Waals surface area contributed by atoms with Gasteiger partial charge in [-0.2, -0.15) is 5.26 Å². The number of thioether (sulfide) groups is 1. The van der Waals surface area contributed by atoms with Gasteiger partial charge in [0.25, 0.3) is 5.56 Å². The zero-order chi connectivity index (χ0) is 16.2. The maximum atomic E-state index is 12.0. The van der Waals surface area contributed by atoms with Gasteiger partial charge < -0.3 is 14.9 Å². The Morgan fingerprint density at radius 1 is 1.57 bits per heavy atom. The van der Waals surface area contributed by atoms with E-state index in [4.69, 9.17) is 4.84 Å². The van der Waals surface area contributed by atoms with Crippen LogP contribution in [0.4, 0.5) is 0 Å². The van der Waals surface area contributed by atoms with E-state index in [2.05, 4.69) is 15.4 Å². The molecule has 0 bridgehead atoms. The van der Waals surface area contributed by atoms with E-state index >= 15 is 0 Å². The molecule has 0 spiro atoms. The predicted octanol–water partition coefficient (Wildman–Crippen LogP) is 1.12. The maximum Gasteiger partial charge on any atom is 0.269 e. The van der Waals surface area contributed by atoms with Gasteiger partial charge in [0.1, 0.15) is 17.4 Å². The van der Waals surface area contributed by atoms with Crippen LogP contribution in [0.15, 0.2) is 39.3 Å². The summed E-state index contributed by atoms with van der Waals surface area (Å²) in [6, 6.07) is 5.77. The molecule has 3 N–H and O–H groups in total. The van der Waals surface area contributed by atoms with Crippen LogP contribution in [-0.2, 0) is 11.3 Å². The minimum atomic E-state index is -0.826. The van der Waals surface area contributed by atoms with Crippen LogP contribution in [0.1, 0.15) is 16.1 Å². The Bertz CT molecular complexity index is 824. The standard InChI is InChI=1S/C14H12N4O3S2/c15-6-10-11(5-9-2-1-3-22-9)16-14(17-13(10)20)23-7-8-4-12(19)18-21-8/h1-4,12,18-19H,5,7H2,(H,16,17,20). The average Bonchev–Trinajstić information content (AvgIpc) is 3.17. The lowest BCUT2D eigenvalue weighted by molar-refractivity contribution is 0.0362. The normalized spacial score (nSPS) is 16.7. The van der Waals surface area contributed by atoms with Crippen LogP contribution in [0.5, 0.6) is 0 Å². The highest BCUT2D eigenvalue weighted by Crippen LogP contribution is 2.20. The summed E-state index contributed by atoms with van der Waals surface area (Å²) in [4.78, 5) is 25.1. The van der Waals surface area contributed by atoms with E-state index in [1.807, 2.05) is 23.6 Å². The van der Waals surface area contributed by atoms with Crippen LogP contribution in [0.25, 0.3) is 0 Å². The zero-order valence-electron chi connectivity index (χ0n) is 11.8. The SMILES string of the molecule is N#Cc1c(Cc2cccs2)nc(SCC2=CC(O)NO2)[nH]c1=O. The molecule has 1 unspecified atom stereocenters. The molecule has 0 amide bonds. The monoisotopic (exact) mass is 348 g/mol. The van der Waals surface area contributed by atoms with Crippen LogP contribution >= 0.6 is 23.1 Å². The van der Waals surface area contributed by atoms with Crippen molar-refractivity contribution in [3.8, 4) is 6.07 Å². The molecule has 9 heteroatoms. The first-order chi connectivity index (χ1) is 11.2. The van der Waals surface area contributed by atoms with Gasteiger partial charge in [0, 0.05) is 17.4 Å². The Balaban J connectivity index is 1.81. The van der Waals surface area contributed by atoms with Crippen molar-refractivity contribution in [2.75, 3.05) is 5.75 Å². The van der Waals surface area contributed by atoms with Gasteiger partial charge in [-0.1, -0.05) is 17.8 Å². The number of aliphatic hydroxyl groups excluding tert-OH is 1. The lowest BCUT2D eigenvalue weighted by atomic mass is 10.2. The van der Waals surface area contributed by atoms with E-state index in [9.17, 15) is 15.2 Å². The summed E-state index contributed by atoms with van der Waals surface area (Å²) in [6.45, 7) is 0. The quantitative estimate of drug-likeness (QED) is 0.548. The van der Waals surface area contributed by atoms with Crippen molar-refractivity contribution in [3.63, 3.8) is 0 Å². The van der Waals surface area contributed by atoms with Crippen molar-refractivity contribution in [2.45, 2.75) is 17.8 Å². The third-order valence-corrected chi connectivity index (χ3v) is 4.78. The topological polar surface area (TPSA) is 111 Å². The summed E-state index contributed by atoms with van der Waals surface area (Å²) in [6.07, 6.45) is 1.15. The third kappa shape index (κ3) is 3.80. The van der Waals surface area contributed by atoms with E-state index in [0.717, 1.165) is 4.88 Å². The average molecular weight is 348 g/mol. The van der Waals surface area contributed by atoms with Gasteiger partial charge in [-0.25, -0.2) is 4.98 Å². The van der Waals surface area contributed by atoms with Crippen molar-refractivity contribution < 1.29 is 9.94 Å². The molecule has 0 fully saturated rings. The minimum Gasteiger partial charge on any atom is -0.410 e. The number of hydrogen-bond donors (Lipinski definition) is 3. The Labute approximate surface area is 139 Å². The number of aromatic nitrogens is 2. The van der Waals surface area contributed by atoms with Gasteiger partial charge in [0.15, 0.2) is 11.4 Å². The van der Waals surface area contributed by atoms with E-state index in [-0.39, 0.29) is 5.56 Å². The molecule has 0 radical (unpaired) electrons. The molecule has 2 aromatic heterocycles. The highest BCUT2D eigenvalue weighted by Gasteiger charge is 2.16. The van der Waals surface area contributed by atoms with E-state index in [1.54, 1.807) is 11.3 Å². The van der Waals surface area contributed by atoms with Crippen LogP contribution in [-0.4, -0.2) is 27.1 Å². The summed E-state index contributed by atoms with van der Waals surface area (Å²) >= 11 is 2.81. The van der Waals surface area contributed by atoms with Gasteiger partial charge in [-0.15, -0.1) is 16.8 Å². The van der Waals surface area contributed by atoms with Gasteiger partial charge in [0.05, 0.1) is 11.4 Å². The highest BCUT2D eigenvalue weighted by molar-refractivity contribution is 7.99. The Morgan fingerprint density at radius 3 is 3.09 bits per heavy atom. The number of aliphatic hydroxyl groups is 1. The second-order valence-corrected chi connectivity index (χ2v) is 6.64. The van der Waals surface area contributed by atoms with Crippen LogP contribution in [0, 0.1) is 11.3 Å². The molecule has 3 heterocycles. The molecule has 2 aromatic rings. The fraction of sp³-hybridized carbons (Fsp3) is 0.214. The molecule has 0 aliphatic carbocycles. The Morgan fingerprint density at radius 2 is 2.43 bits per heavy atom. The highest BCUT2D eigenvalue weighted by atomic mass is 32.2. The minimum absolute atomic E-state index is 0.0381. The summed E-state index contributed by atoms with van der Waals surface area (Å²) in [5.41, 5.74) is 2.44. The Hall–Kier alpha value is -2.12. The molecule has 0 aromatic carbocycles. The number of H-pyrrole nitrogens is 1. The Kier molecular flexibility index (Phi) is 4.78. The van der Waals surface area contributed by atoms with Crippen molar-refractivity contribution >= 4 is 23.1 Å². The zero-order valence-corrected chi connectivity index (χ0v) is 13.4. The van der Waals surface area contributed by atoms with E-state index < -0.39 is 11.8 Å². The molecule has 1 atom stereocenters. The lowest BCUT2D eigenvalue weighted by Gasteiger charge is -2.06. The van der Waals surface area contributed by atoms with Crippen LogP contribution < -0.4 is 11.0 Å². The molecule has 7 nitrogen and oxygen atoms in total. The van der Waals surface area contributed by atoms with Gasteiger partial charge in [-0.3, -0.25) is 4.79 Å². The summed E-state index contributed by atoms with van der Waals surface area (Å²) in [5.74, 6) is 0.950. The summed E-state index contributed by atoms with van der Waals surface area (Å²) in [7, 11) is 0. The van der Waals surface area contributed by atoms with E-state index in [1.165, 1.54) is 17.8 Å². The number of thiophene rings is 1. The van der Waals surface area contributed by atoms with E-state index in [0.29, 0.717) is 28.8 Å². The van der Waals surface area contributed by atoms with Crippen molar-refractivity contribution in [1.29, 1.82) is 5.26 Å². The molecular weight excluding hydrogens is 336 g/mol. The van der Waals surface area contributed by atoms with Crippen LogP contribution in [0.2, 0.25) is 0 Å². The number of nitriles is 1. The summed E-state index contributed by atoms with van der Waals surface area (Å²) < 4.78 is 0. The second kappa shape index (κ2) is 6.97. The number of hydroxylamine groups is 1. The number of rotatable bonds is 5. The largest absolute Gasteiger partial charge is 0.410 e. The van der Waals surface area contributed by atoms with Gasteiger partial charge in [0.2, 0.25) is 0 Å². The fourth-order valence-electron chi connectivity index (χ4n) is 1.98. The first kappa shape index (κ1) is 15.8. The molecule has 118 valence electrons. The first-order valence-corrected chi connectivity index (χ1v) is 8.52. The molecule has 1 aliphatic heterocycles. The van der Waals surface area contributed by atoms with Crippen molar-refractivity contribution in [2.24, 2.45) is 0 Å². The van der Waals surface area contributed by atoms with Gasteiger partial charge >= 0.3 is 0 Å². The molecule has 1 aliphatic rings. The number of nitrogens with zero attached hydrogens (tertiary/aromatic N) is 2. The molecule has 23 heavy (non-hydrogen) atoms. The molecule has 3 rings (SSSR count). The number of nitrogens with one attached hydrogen (secondary N) is 2. The second-order valence-electron chi connectivity index (χ2n) is 4.65. The lowest BCUT2D eigenvalue weighted by Crippen LogP contribution is -2.19. The van der Waals surface area contributed by atoms with Gasteiger partial charge in [-0.05, 0) is 11.4 Å². The fourth-order valence-corrected chi connectivity index (χ4v) is 3.47. The van der Waals surface area contributed by atoms with Crippen molar-refractivity contribution in [3.05, 3.63) is 55.8 Å². The van der Waals surface area contributed by atoms with Crippen molar-refractivity contribution in [1.82, 2.24) is 15.4 Å². The smallest absolute Gasteiger partial charge is 0.269 e. The number of aromatic amines is 1. The maximum absolute atomic E-state index is 12.0. The predicted molar refractivity (Wildman–Crippen MR) is 85.7 cm³/mol. The molecular formula is C14H12N4O3S2. The molecule has 0 saturated heterocycles. The summed E-state index contributed by atoms with van der Waals surface area (Å²) in [5, 5.41) is 20.8. The third-order valence-electron chi connectivity index (χ3n) is 3.01. The first-order valence-electron chi connectivity index (χ1n) is 6.65. The number of hydrogen-bond acceptors (Lipinski definition) is 8.